The van der Waals surface area contributed by atoms with E-state index in [1.807, 2.05) is 58.9 Å². The van der Waals surface area contributed by atoms with Crippen molar-refractivity contribution in [2.45, 2.75) is 112 Å². The number of hydrogen-bond acceptors (Lipinski definition) is 4. The lowest BCUT2D eigenvalue weighted by molar-refractivity contribution is -0.145. The third-order valence-corrected chi connectivity index (χ3v) is 5.73. The lowest BCUT2D eigenvalue weighted by Gasteiger charge is -2.38. The molecule has 0 aromatic heterocycles. The average Bonchev–Trinajstić information content (AvgIpc) is 2.74. The summed E-state index contributed by atoms with van der Waals surface area (Å²) in [5, 5.41) is 5.81. The summed E-state index contributed by atoms with van der Waals surface area (Å²) in [5.41, 5.74) is 1.08. The third kappa shape index (κ3) is 10.3. The second-order valence-electron chi connectivity index (χ2n) is 10.8. The molecule has 0 fully saturated rings. The van der Waals surface area contributed by atoms with Crippen molar-refractivity contribution in [3.8, 4) is 0 Å². The first-order valence-electron chi connectivity index (χ1n) is 13.0. The first-order chi connectivity index (χ1) is 16.3. The van der Waals surface area contributed by atoms with Gasteiger partial charge in [0, 0.05) is 12.6 Å². The Balaban J connectivity index is 3.47. The number of ether oxygens (including phenoxy) is 1. The zero-order valence-electron chi connectivity index (χ0n) is 23.2. The summed E-state index contributed by atoms with van der Waals surface area (Å²) < 4.78 is 5.44. The molecule has 7 heteroatoms. The smallest absolute Gasteiger partial charge is 0.408 e. The second-order valence-corrected chi connectivity index (χ2v) is 10.8. The molecule has 0 aliphatic rings. The predicted octanol–water partition coefficient (Wildman–Crippen LogP) is 5.52. The van der Waals surface area contributed by atoms with Crippen LogP contribution in [-0.2, 0) is 14.3 Å². The van der Waals surface area contributed by atoms with Crippen LogP contribution < -0.4 is 10.6 Å². The molecule has 1 aromatic rings. The number of nitrogens with zero attached hydrogens (tertiary/aromatic N) is 1. The van der Waals surface area contributed by atoms with Crippen molar-refractivity contribution in [3.05, 3.63) is 35.4 Å². The number of hydrogen-bond donors (Lipinski definition) is 2. The van der Waals surface area contributed by atoms with E-state index >= 15 is 0 Å². The van der Waals surface area contributed by atoms with Gasteiger partial charge in [0.05, 0.1) is 0 Å². The SMILES string of the molecule is CCCCNC(=O)C(c1cccc(C)c1)N(C(=O)C(CC(C)C)NC(=O)OC(C)(C)C)C(C)CC. The Morgan fingerprint density at radius 2 is 1.74 bits per heavy atom. The van der Waals surface area contributed by atoms with Crippen molar-refractivity contribution in [1.82, 2.24) is 15.5 Å². The molecule has 3 atom stereocenters. The van der Waals surface area contributed by atoms with Crippen LogP contribution in [0, 0.1) is 12.8 Å². The number of amides is 3. The number of carbonyl (C=O) groups excluding carboxylic acids is 3. The summed E-state index contributed by atoms with van der Waals surface area (Å²) in [4.78, 5) is 41.9. The fourth-order valence-corrected chi connectivity index (χ4v) is 3.88. The minimum Gasteiger partial charge on any atom is -0.444 e. The van der Waals surface area contributed by atoms with Gasteiger partial charge in [-0.3, -0.25) is 9.59 Å². The summed E-state index contributed by atoms with van der Waals surface area (Å²) >= 11 is 0. The number of unbranched alkanes of at least 4 members (excludes halogenated alkanes) is 1. The molecular formula is C28H47N3O4. The first-order valence-corrected chi connectivity index (χ1v) is 13.0. The molecule has 0 radical (unpaired) electrons. The number of aryl methyl sites for hydroxylation is 1. The van der Waals surface area contributed by atoms with Gasteiger partial charge in [0.2, 0.25) is 11.8 Å². The molecule has 198 valence electrons. The standard InChI is InChI=1S/C28H47N3O4/c1-10-12-16-29-25(32)24(22-15-13-14-20(5)18-22)31(21(6)11-2)26(33)23(17-19(3)4)30-27(34)35-28(7,8)9/h13-15,18-19,21,23-24H,10-12,16-17H2,1-9H3,(H,29,32)(H,30,34). The Bertz CT molecular complexity index is 832. The zero-order valence-corrected chi connectivity index (χ0v) is 23.2. The summed E-state index contributed by atoms with van der Waals surface area (Å²) in [6, 6.07) is 5.88. The molecule has 1 rings (SSSR count). The maximum Gasteiger partial charge on any atom is 0.408 e. The summed E-state index contributed by atoms with van der Waals surface area (Å²) in [5.74, 6) is -0.345. The number of alkyl carbamates (subject to hydrolysis) is 1. The lowest BCUT2D eigenvalue weighted by Crippen LogP contribution is -2.55. The average molecular weight is 490 g/mol. The van der Waals surface area contributed by atoms with Gasteiger partial charge in [-0.2, -0.15) is 0 Å². The van der Waals surface area contributed by atoms with Gasteiger partial charge in [0.25, 0.3) is 0 Å². The molecule has 3 amide bonds. The Morgan fingerprint density at radius 3 is 2.26 bits per heavy atom. The van der Waals surface area contributed by atoms with Gasteiger partial charge in [-0.05, 0) is 65.4 Å². The van der Waals surface area contributed by atoms with E-state index in [9.17, 15) is 14.4 Å². The summed E-state index contributed by atoms with van der Waals surface area (Å²) in [6.07, 6.45) is 2.28. The van der Waals surface area contributed by atoms with E-state index in [1.165, 1.54) is 0 Å². The minimum absolute atomic E-state index is 0.147. The van der Waals surface area contributed by atoms with E-state index in [2.05, 4.69) is 17.6 Å². The quantitative estimate of drug-likeness (QED) is 0.379. The Hall–Kier alpha value is -2.57. The van der Waals surface area contributed by atoms with Crippen LogP contribution in [0.25, 0.3) is 0 Å². The molecule has 1 aromatic carbocycles. The second kappa shape index (κ2) is 14.1. The van der Waals surface area contributed by atoms with E-state index < -0.39 is 23.8 Å². The molecule has 0 aliphatic heterocycles. The highest BCUT2D eigenvalue weighted by molar-refractivity contribution is 5.92. The topological polar surface area (TPSA) is 87.7 Å². The van der Waals surface area contributed by atoms with E-state index in [0.29, 0.717) is 19.4 Å². The van der Waals surface area contributed by atoms with E-state index in [1.54, 1.807) is 25.7 Å². The highest BCUT2D eigenvalue weighted by Gasteiger charge is 2.38. The van der Waals surface area contributed by atoms with Crippen molar-refractivity contribution in [2.24, 2.45) is 5.92 Å². The van der Waals surface area contributed by atoms with Gasteiger partial charge in [0.1, 0.15) is 17.7 Å². The van der Waals surface area contributed by atoms with Gasteiger partial charge in [-0.25, -0.2) is 4.79 Å². The molecule has 35 heavy (non-hydrogen) atoms. The predicted molar refractivity (Wildman–Crippen MR) is 141 cm³/mol. The molecule has 2 N–H and O–H groups in total. The van der Waals surface area contributed by atoms with Gasteiger partial charge in [-0.1, -0.05) is 63.9 Å². The number of benzene rings is 1. The van der Waals surface area contributed by atoms with Crippen LogP contribution in [0.15, 0.2) is 24.3 Å². The molecule has 3 unspecified atom stereocenters. The highest BCUT2D eigenvalue weighted by atomic mass is 16.6. The van der Waals surface area contributed by atoms with Gasteiger partial charge < -0.3 is 20.3 Å². The first kappa shape index (κ1) is 30.5. The van der Waals surface area contributed by atoms with E-state index in [4.69, 9.17) is 4.74 Å². The van der Waals surface area contributed by atoms with E-state index in [0.717, 1.165) is 24.0 Å². The van der Waals surface area contributed by atoms with Crippen molar-refractivity contribution in [2.75, 3.05) is 6.54 Å². The lowest BCUT2D eigenvalue weighted by atomic mass is 9.96. The van der Waals surface area contributed by atoms with E-state index in [-0.39, 0.29) is 23.8 Å². The Labute approximate surface area is 212 Å². The molecule has 7 nitrogen and oxygen atoms in total. The van der Waals surface area contributed by atoms with Crippen molar-refractivity contribution >= 4 is 17.9 Å². The molecule has 0 heterocycles. The summed E-state index contributed by atoms with van der Waals surface area (Å²) in [7, 11) is 0. The molecule has 0 saturated heterocycles. The normalized spacial score (nSPS) is 14.1. The Kier molecular flexibility index (Phi) is 12.3. The molecule has 0 spiro atoms. The van der Waals surface area contributed by atoms with Crippen LogP contribution in [-0.4, -0.2) is 47.0 Å². The molecular weight excluding hydrogens is 442 g/mol. The maximum absolute atomic E-state index is 14.1. The monoisotopic (exact) mass is 489 g/mol. The molecule has 0 saturated carbocycles. The van der Waals surface area contributed by atoms with Crippen molar-refractivity contribution < 1.29 is 19.1 Å². The zero-order chi connectivity index (χ0) is 26.8. The maximum atomic E-state index is 14.1. The highest BCUT2D eigenvalue weighted by Crippen LogP contribution is 2.28. The number of rotatable bonds is 12. The minimum atomic E-state index is -0.811. The van der Waals surface area contributed by atoms with Crippen LogP contribution >= 0.6 is 0 Å². The van der Waals surface area contributed by atoms with Crippen LogP contribution in [0.2, 0.25) is 0 Å². The van der Waals surface area contributed by atoms with Crippen LogP contribution in [0.1, 0.15) is 98.2 Å². The van der Waals surface area contributed by atoms with Gasteiger partial charge >= 0.3 is 6.09 Å². The van der Waals surface area contributed by atoms with Crippen molar-refractivity contribution in [1.29, 1.82) is 0 Å². The van der Waals surface area contributed by atoms with Gasteiger partial charge in [-0.15, -0.1) is 0 Å². The molecule has 0 aliphatic carbocycles. The third-order valence-electron chi connectivity index (χ3n) is 5.73. The van der Waals surface area contributed by atoms with Crippen LogP contribution in [0.4, 0.5) is 4.79 Å². The largest absolute Gasteiger partial charge is 0.444 e. The summed E-state index contributed by atoms with van der Waals surface area (Å²) in [6.45, 7) is 17.9. The fourth-order valence-electron chi connectivity index (χ4n) is 3.88. The number of carbonyl (C=O) groups is 3. The van der Waals surface area contributed by atoms with Crippen LogP contribution in [0.3, 0.4) is 0 Å². The fraction of sp³-hybridized carbons (Fsp3) is 0.679. The van der Waals surface area contributed by atoms with Crippen molar-refractivity contribution in [3.63, 3.8) is 0 Å². The Morgan fingerprint density at radius 1 is 1.09 bits per heavy atom. The van der Waals surface area contributed by atoms with Crippen LogP contribution in [0.5, 0.6) is 0 Å². The van der Waals surface area contributed by atoms with Gasteiger partial charge in [0.15, 0.2) is 0 Å². The molecule has 0 bridgehead atoms. The number of nitrogens with one attached hydrogen (secondary N) is 2.